The molecule has 0 aliphatic rings. The fourth-order valence-electron chi connectivity index (χ4n) is 1.31. The SMILES string of the molecule is CCN(CCBr)C(=O)c1cccc(Br)c1. The summed E-state index contributed by atoms with van der Waals surface area (Å²) < 4.78 is 0.934. The number of alkyl halides is 1. The molecule has 0 spiro atoms. The molecule has 4 heteroatoms. The second kappa shape index (κ2) is 6.28. The minimum atomic E-state index is 0.0817. The molecule has 0 aromatic heterocycles. The minimum Gasteiger partial charge on any atom is -0.338 e. The van der Waals surface area contributed by atoms with Crippen LogP contribution in [0.5, 0.6) is 0 Å². The van der Waals surface area contributed by atoms with Gasteiger partial charge in [0.2, 0.25) is 0 Å². The fourth-order valence-corrected chi connectivity index (χ4v) is 2.14. The second-order valence-electron chi connectivity index (χ2n) is 3.08. The predicted molar refractivity (Wildman–Crippen MR) is 69.5 cm³/mol. The Bertz CT molecular complexity index is 341. The highest BCUT2D eigenvalue weighted by Crippen LogP contribution is 2.13. The molecule has 0 atom stereocenters. The molecule has 0 N–H and O–H groups in total. The molecule has 82 valence electrons. The summed E-state index contributed by atoms with van der Waals surface area (Å²) in [4.78, 5) is 13.8. The molecule has 0 aliphatic heterocycles. The second-order valence-corrected chi connectivity index (χ2v) is 4.79. The molecule has 1 aromatic carbocycles. The van der Waals surface area contributed by atoms with Gasteiger partial charge in [0, 0.05) is 28.5 Å². The van der Waals surface area contributed by atoms with Crippen LogP contribution in [-0.4, -0.2) is 29.2 Å². The molecule has 0 radical (unpaired) electrons. The maximum absolute atomic E-state index is 12.0. The van der Waals surface area contributed by atoms with Gasteiger partial charge < -0.3 is 4.90 Å². The van der Waals surface area contributed by atoms with E-state index in [9.17, 15) is 4.79 Å². The molecule has 0 saturated carbocycles. The summed E-state index contributed by atoms with van der Waals surface area (Å²) in [7, 11) is 0. The summed E-state index contributed by atoms with van der Waals surface area (Å²) in [6.07, 6.45) is 0. The van der Waals surface area contributed by atoms with E-state index in [-0.39, 0.29) is 5.91 Å². The zero-order valence-corrected chi connectivity index (χ0v) is 11.7. The Morgan fingerprint density at radius 3 is 2.73 bits per heavy atom. The molecule has 2 nitrogen and oxygen atoms in total. The zero-order valence-electron chi connectivity index (χ0n) is 8.54. The predicted octanol–water partition coefficient (Wildman–Crippen LogP) is 3.31. The Balaban J connectivity index is 2.82. The lowest BCUT2D eigenvalue weighted by Gasteiger charge is -2.19. The summed E-state index contributed by atoms with van der Waals surface area (Å²) in [6.45, 7) is 3.46. The van der Waals surface area contributed by atoms with Crippen LogP contribution in [0.4, 0.5) is 0 Å². The molecule has 1 aromatic rings. The van der Waals surface area contributed by atoms with Crippen molar-refractivity contribution in [3.63, 3.8) is 0 Å². The smallest absolute Gasteiger partial charge is 0.253 e. The largest absolute Gasteiger partial charge is 0.338 e. The average molecular weight is 335 g/mol. The van der Waals surface area contributed by atoms with E-state index in [0.717, 1.165) is 28.5 Å². The Morgan fingerprint density at radius 1 is 1.47 bits per heavy atom. The van der Waals surface area contributed by atoms with Crippen molar-refractivity contribution in [3.8, 4) is 0 Å². The van der Waals surface area contributed by atoms with Crippen LogP contribution in [-0.2, 0) is 0 Å². The number of carbonyl (C=O) groups excluding carboxylic acids is 1. The number of hydrogen-bond acceptors (Lipinski definition) is 1. The summed E-state index contributed by atoms with van der Waals surface area (Å²) in [6, 6.07) is 7.47. The van der Waals surface area contributed by atoms with Crippen molar-refractivity contribution in [2.24, 2.45) is 0 Å². The fraction of sp³-hybridized carbons (Fsp3) is 0.364. The van der Waals surface area contributed by atoms with Crippen molar-refractivity contribution in [3.05, 3.63) is 34.3 Å². The van der Waals surface area contributed by atoms with E-state index < -0.39 is 0 Å². The third-order valence-electron chi connectivity index (χ3n) is 2.09. The van der Waals surface area contributed by atoms with Gasteiger partial charge in [0.15, 0.2) is 0 Å². The summed E-state index contributed by atoms with van der Waals surface area (Å²) >= 11 is 6.70. The average Bonchev–Trinajstić information content (AvgIpc) is 2.25. The number of carbonyl (C=O) groups is 1. The molecule has 0 bridgehead atoms. The van der Waals surface area contributed by atoms with Crippen molar-refractivity contribution >= 4 is 37.8 Å². The van der Waals surface area contributed by atoms with Crippen molar-refractivity contribution < 1.29 is 4.79 Å². The van der Waals surface area contributed by atoms with Crippen LogP contribution in [0, 0.1) is 0 Å². The Hall–Kier alpha value is -0.350. The van der Waals surface area contributed by atoms with Crippen molar-refractivity contribution in [2.45, 2.75) is 6.92 Å². The van der Waals surface area contributed by atoms with E-state index in [2.05, 4.69) is 31.9 Å². The van der Waals surface area contributed by atoms with Gasteiger partial charge in [0.05, 0.1) is 0 Å². The van der Waals surface area contributed by atoms with Gasteiger partial charge in [-0.3, -0.25) is 4.79 Å². The lowest BCUT2D eigenvalue weighted by atomic mass is 10.2. The molecule has 1 amide bonds. The number of halogens is 2. The number of hydrogen-bond donors (Lipinski definition) is 0. The van der Waals surface area contributed by atoms with Gasteiger partial charge >= 0.3 is 0 Å². The van der Waals surface area contributed by atoms with Gasteiger partial charge in [-0.1, -0.05) is 37.9 Å². The first kappa shape index (κ1) is 12.7. The molecule has 0 aliphatic carbocycles. The van der Waals surface area contributed by atoms with Crippen LogP contribution in [0.2, 0.25) is 0 Å². The van der Waals surface area contributed by atoms with E-state index in [0.29, 0.717) is 0 Å². The zero-order chi connectivity index (χ0) is 11.3. The van der Waals surface area contributed by atoms with E-state index >= 15 is 0 Å². The van der Waals surface area contributed by atoms with E-state index in [1.807, 2.05) is 36.1 Å². The molecule has 15 heavy (non-hydrogen) atoms. The molecule has 0 saturated heterocycles. The highest BCUT2D eigenvalue weighted by atomic mass is 79.9. The van der Waals surface area contributed by atoms with E-state index in [1.54, 1.807) is 0 Å². The first-order valence-corrected chi connectivity index (χ1v) is 6.71. The highest BCUT2D eigenvalue weighted by Gasteiger charge is 2.12. The van der Waals surface area contributed by atoms with Crippen LogP contribution in [0.1, 0.15) is 17.3 Å². The summed E-state index contributed by atoms with van der Waals surface area (Å²) in [5.41, 5.74) is 0.729. The molecular weight excluding hydrogens is 322 g/mol. The molecule has 1 rings (SSSR count). The molecular formula is C11H13Br2NO. The maximum atomic E-state index is 12.0. The van der Waals surface area contributed by atoms with Crippen molar-refractivity contribution in [1.82, 2.24) is 4.90 Å². The third kappa shape index (κ3) is 3.61. The lowest BCUT2D eigenvalue weighted by molar-refractivity contribution is 0.0775. The van der Waals surface area contributed by atoms with Gasteiger partial charge in [-0.05, 0) is 25.1 Å². The number of rotatable bonds is 4. The summed E-state index contributed by atoms with van der Waals surface area (Å²) in [5, 5.41) is 0.806. The Labute approximate surface area is 107 Å². The topological polar surface area (TPSA) is 20.3 Å². The minimum absolute atomic E-state index is 0.0817. The number of amides is 1. The van der Waals surface area contributed by atoms with Crippen LogP contribution < -0.4 is 0 Å². The van der Waals surface area contributed by atoms with Gasteiger partial charge in [-0.2, -0.15) is 0 Å². The third-order valence-corrected chi connectivity index (χ3v) is 2.94. The molecule has 0 heterocycles. The highest BCUT2D eigenvalue weighted by molar-refractivity contribution is 9.10. The Kier molecular flexibility index (Phi) is 5.32. The summed E-state index contributed by atoms with van der Waals surface area (Å²) in [5.74, 6) is 0.0817. The first-order valence-electron chi connectivity index (χ1n) is 4.79. The molecule has 0 unspecified atom stereocenters. The lowest BCUT2D eigenvalue weighted by Crippen LogP contribution is -2.32. The number of benzene rings is 1. The van der Waals surface area contributed by atoms with Crippen LogP contribution in [0.15, 0.2) is 28.7 Å². The van der Waals surface area contributed by atoms with Crippen LogP contribution in [0.25, 0.3) is 0 Å². The van der Waals surface area contributed by atoms with Gasteiger partial charge in [0.25, 0.3) is 5.91 Å². The quantitative estimate of drug-likeness (QED) is 0.773. The van der Waals surface area contributed by atoms with Gasteiger partial charge in [-0.25, -0.2) is 0 Å². The molecule has 0 fully saturated rings. The van der Waals surface area contributed by atoms with Crippen molar-refractivity contribution in [1.29, 1.82) is 0 Å². The maximum Gasteiger partial charge on any atom is 0.253 e. The van der Waals surface area contributed by atoms with Crippen LogP contribution in [0.3, 0.4) is 0 Å². The normalized spacial score (nSPS) is 10.1. The standard InChI is InChI=1S/C11H13Br2NO/c1-2-14(7-6-12)11(15)9-4-3-5-10(13)8-9/h3-5,8H,2,6-7H2,1H3. The number of nitrogens with zero attached hydrogens (tertiary/aromatic N) is 1. The van der Waals surface area contributed by atoms with E-state index in [1.165, 1.54) is 0 Å². The van der Waals surface area contributed by atoms with Gasteiger partial charge in [-0.15, -0.1) is 0 Å². The Morgan fingerprint density at radius 2 is 2.20 bits per heavy atom. The van der Waals surface area contributed by atoms with Crippen LogP contribution >= 0.6 is 31.9 Å². The van der Waals surface area contributed by atoms with E-state index in [4.69, 9.17) is 0 Å². The van der Waals surface area contributed by atoms with Gasteiger partial charge in [0.1, 0.15) is 0 Å². The monoisotopic (exact) mass is 333 g/mol. The first-order chi connectivity index (χ1) is 7.19. The van der Waals surface area contributed by atoms with Crippen molar-refractivity contribution in [2.75, 3.05) is 18.4 Å².